The van der Waals surface area contributed by atoms with Gasteiger partial charge in [0, 0.05) is 5.39 Å². The van der Waals surface area contributed by atoms with Gasteiger partial charge >= 0.3 is 0 Å². The van der Waals surface area contributed by atoms with Crippen LogP contribution in [0.25, 0.3) is 10.9 Å². The summed E-state index contributed by atoms with van der Waals surface area (Å²) < 4.78 is 0. The first-order valence-corrected chi connectivity index (χ1v) is 4.19. The van der Waals surface area contributed by atoms with Crippen molar-refractivity contribution in [1.82, 2.24) is 4.98 Å². The summed E-state index contributed by atoms with van der Waals surface area (Å²) in [6.45, 7) is 0. The molecule has 0 saturated carbocycles. The summed E-state index contributed by atoms with van der Waals surface area (Å²) in [6.07, 6.45) is 0.661. The van der Waals surface area contributed by atoms with Crippen molar-refractivity contribution in [3.63, 3.8) is 0 Å². The average Bonchev–Trinajstić information content (AvgIpc) is 2.17. The second-order valence-electron chi connectivity index (χ2n) is 2.67. The highest BCUT2D eigenvalue weighted by molar-refractivity contribution is 6.33. The molecule has 0 aliphatic carbocycles. The summed E-state index contributed by atoms with van der Waals surface area (Å²) in [6, 6.07) is 9.27. The van der Waals surface area contributed by atoms with Gasteiger partial charge < -0.3 is 0 Å². The number of carbonyl (C=O) groups excluding carboxylic acids is 1. The van der Waals surface area contributed by atoms with Crippen LogP contribution in [-0.2, 0) is 0 Å². The molecule has 1 aromatic carbocycles. The van der Waals surface area contributed by atoms with E-state index >= 15 is 0 Å². The minimum Gasteiger partial charge on any atom is -0.296 e. The van der Waals surface area contributed by atoms with Crippen LogP contribution in [0.3, 0.4) is 0 Å². The van der Waals surface area contributed by atoms with Gasteiger partial charge in [0.15, 0.2) is 6.29 Å². The van der Waals surface area contributed by atoms with Gasteiger partial charge in [0.1, 0.15) is 5.69 Å². The molecule has 0 spiro atoms. The van der Waals surface area contributed by atoms with Crippen molar-refractivity contribution >= 4 is 28.8 Å². The monoisotopic (exact) mass is 191 g/mol. The van der Waals surface area contributed by atoms with Crippen molar-refractivity contribution in [3.05, 3.63) is 41.0 Å². The van der Waals surface area contributed by atoms with Gasteiger partial charge in [0.2, 0.25) is 0 Å². The fourth-order valence-electron chi connectivity index (χ4n) is 1.19. The van der Waals surface area contributed by atoms with E-state index in [2.05, 4.69) is 4.98 Å². The zero-order valence-corrected chi connectivity index (χ0v) is 7.45. The highest BCUT2D eigenvalue weighted by Gasteiger charge is 2.02. The third-order valence-corrected chi connectivity index (χ3v) is 2.12. The van der Waals surface area contributed by atoms with Gasteiger partial charge in [-0.2, -0.15) is 0 Å². The lowest BCUT2D eigenvalue weighted by Crippen LogP contribution is -1.88. The molecule has 0 unspecified atom stereocenters. The Balaban J connectivity index is 2.81. The predicted molar refractivity (Wildman–Crippen MR) is 52.1 cm³/mol. The van der Waals surface area contributed by atoms with Crippen molar-refractivity contribution in [2.75, 3.05) is 0 Å². The predicted octanol–water partition coefficient (Wildman–Crippen LogP) is 2.70. The number of para-hydroxylation sites is 1. The fraction of sp³-hybridized carbons (Fsp3) is 0. The number of carbonyl (C=O) groups is 1. The molecule has 3 heteroatoms. The Bertz CT molecular complexity index is 467. The Morgan fingerprint density at radius 2 is 2.08 bits per heavy atom. The number of aromatic nitrogens is 1. The van der Waals surface area contributed by atoms with Crippen LogP contribution < -0.4 is 0 Å². The van der Waals surface area contributed by atoms with Crippen molar-refractivity contribution in [3.8, 4) is 0 Å². The molecule has 2 aromatic rings. The molecular formula is C10H6ClNO. The van der Waals surface area contributed by atoms with Crippen LogP contribution in [0.4, 0.5) is 0 Å². The molecule has 1 aromatic heterocycles. The average molecular weight is 192 g/mol. The van der Waals surface area contributed by atoms with E-state index in [1.807, 2.05) is 24.3 Å². The quantitative estimate of drug-likeness (QED) is 0.649. The number of benzene rings is 1. The standard InChI is InChI=1S/C10H6ClNO/c11-8-5-7-3-1-2-4-9(7)12-10(8)6-13/h1-6H. The van der Waals surface area contributed by atoms with E-state index in [0.29, 0.717) is 17.0 Å². The van der Waals surface area contributed by atoms with E-state index in [1.54, 1.807) is 6.07 Å². The molecule has 2 rings (SSSR count). The summed E-state index contributed by atoms with van der Waals surface area (Å²) >= 11 is 5.81. The molecule has 0 atom stereocenters. The minimum absolute atomic E-state index is 0.292. The number of nitrogens with zero attached hydrogens (tertiary/aromatic N) is 1. The van der Waals surface area contributed by atoms with Crippen LogP contribution in [0.2, 0.25) is 5.02 Å². The lowest BCUT2D eigenvalue weighted by molar-refractivity contribution is 0.111. The van der Waals surface area contributed by atoms with Crippen LogP contribution in [-0.4, -0.2) is 11.3 Å². The van der Waals surface area contributed by atoms with Crippen molar-refractivity contribution in [1.29, 1.82) is 0 Å². The third-order valence-electron chi connectivity index (χ3n) is 1.82. The molecule has 0 bridgehead atoms. The molecule has 0 fully saturated rings. The number of hydrogen-bond donors (Lipinski definition) is 0. The Morgan fingerprint density at radius 1 is 1.31 bits per heavy atom. The van der Waals surface area contributed by atoms with Gasteiger partial charge in [-0.25, -0.2) is 4.98 Å². The number of halogens is 1. The largest absolute Gasteiger partial charge is 0.296 e. The second-order valence-corrected chi connectivity index (χ2v) is 3.07. The Kier molecular flexibility index (Phi) is 1.99. The van der Waals surface area contributed by atoms with E-state index in [4.69, 9.17) is 11.6 Å². The first kappa shape index (κ1) is 8.20. The lowest BCUT2D eigenvalue weighted by atomic mass is 10.2. The van der Waals surface area contributed by atoms with E-state index in [1.165, 1.54) is 0 Å². The highest BCUT2D eigenvalue weighted by Crippen LogP contribution is 2.19. The summed E-state index contributed by atoms with van der Waals surface area (Å²) in [5.74, 6) is 0. The molecular weight excluding hydrogens is 186 g/mol. The molecule has 1 heterocycles. The van der Waals surface area contributed by atoms with E-state index in [-0.39, 0.29) is 0 Å². The van der Waals surface area contributed by atoms with Crippen LogP contribution in [0.1, 0.15) is 10.5 Å². The van der Waals surface area contributed by atoms with Gasteiger partial charge in [0.25, 0.3) is 0 Å². The SMILES string of the molecule is O=Cc1nc2ccccc2cc1Cl. The van der Waals surface area contributed by atoms with Crippen LogP contribution in [0, 0.1) is 0 Å². The molecule has 13 heavy (non-hydrogen) atoms. The van der Waals surface area contributed by atoms with Crippen LogP contribution in [0.5, 0.6) is 0 Å². The summed E-state index contributed by atoms with van der Waals surface area (Å²) in [4.78, 5) is 14.6. The maximum absolute atomic E-state index is 10.5. The van der Waals surface area contributed by atoms with Crippen molar-refractivity contribution < 1.29 is 4.79 Å². The number of aldehydes is 1. The van der Waals surface area contributed by atoms with Crippen molar-refractivity contribution in [2.45, 2.75) is 0 Å². The van der Waals surface area contributed by atoms with Gasteiger partial charge in [0.05, 0.1) is 10.5 Å². The highest BCUT2D eigenvalue weighted by atomic mass is 35.5. The lowest BCUT2D eigenvalue weighted by Gasteiger charge is -1.99. The zero-order valence-electron chi connectivity index (χ0n) is 6.70. The molecule has 0 saturated heterocycles. The molecule has 64 valence electrons. The van der Waals surface area contributed by atoms with Gasteiger partial charge in [-0.15, -0.1) is 0 Å². The zero-order chi connectivity index (χ0) is 9.26. The van der Waals surface area contributed by atoms with Crippen LogP contribution in [0.15, 0.2) is 30.3 Å². The summed E-state index contributed by atoms with van der Waals surface area (Å²) in [5.41, 5.74) is 1.08. The van der Waals surface area contributed by atoms with Gasteiger partial charge in [-0.3, -0.25) is 4.79 Å². The normalized spacial score (nSPS) is 10.2. The molecule has 0 aliphatic heterocycles. The van der Waals surface area contributed by atoms with Crippen molar-refractivity contribution in [2.24, 2.45) is 0 Å². The molecule has 0 N–H and O–H groups in total. The van der Waals surface area contributed by atoms with Crippen LogP contribution >= 0.6 is 11.6 Å². The first-order valence-electron chi connectivity index (χ1n) is 3.82. The topological polar surface area (TPSA) is 30.0 Å². The van der Waals surface area contributed by atoms with E-state index < -0.39 is 0 Å². The number of pyridine rings is 1. The van der Waals surface area contributed by atoms with E-state index in [9.17, 15) is 4.79 Å². The molecule has 0 radical (unpaired) electrons. The molecule has 2 nitrogen and oxygen atoms in total. The number of fused-ring (bicyclic) bond motifs is 1. The minimum atomic E-state index is 0.292. The maximum atomic E-state index is 10.5. The van der Waals surface area contributed by atoms with E-state index in [0.717, 1.165) is 10.9 Å². The van der Waals surface area contributed by atoms with Gasteiger partial charge in [-0.05, 0) is 12.1 Å². The summed E-state index contributed by atoms with van der Waals surface area (Å²) in [5, 5.41) is 1.34. The second kappa shape index (κ2) is 3.15. The summed E-state index contributed by atoms with van der Waals surface area (Å²) in [7, 11) is 0. The number of rotatable bonds is 1. The molecule has 0 aliphatic rings. The van der Waals surface area contributed by atoms with Gasteiger partial charge in [-0.1, -0.05) is 29.8 Å². The molecule has 0 amide bonds. The smallest absolute Gasteiger partial charge is 0.169 e. The Morgan fingerprint density at radius 3 is 2.85 bits per heavy atom. The maximum Gasteiger partial charge on any atom is 0.169 e. The number of hydrogen-bond acceptors (Lipinski definition) is 2. The first-order chi connectivity index (χ1) is 6.31. The Hall–Kier alpha value is -1.41. The fourth-order valence-corrected chi connectivity index (χ4v) is 1.39. The Labute approximate surface area is 80.2 Å². The third kappa shape index (κ3) is 1.40.